The Hall–Kier alpha value is -2.15. The van der Waals surface area contributed by atoms with E-state index >= 15 is 0 Å². The van der Waals surface area contributed by atoms with Gasteiger partial charge in [0, 0.05) is 6.21 Å². The number of aryl methyl sites for hydroxylation is 3. The summed E-state index contributed by atoms with van der Waals surface area (Å²) >= 11 is 0. The second-order valence-electron chi connectivity index (χ2n) is 5.17. The van der Waals surface area contributed by atoms with Gasteiger partial charge in [-0.2, -0.15) is 0 Å². The van der Waals surface area contributed by atoms with Gasteiger partial charge in [0.15, 0.2) is 0 Å². The number of aliphatic imine (C=N–C) groups is 1. The highest BCUT2D eigenvalue weighted by Crippen LogP contribution is 2.20. The Bertz CT molecular complexity index is 643. The highest BCUT2D eigenvalue weighted by molar-refractivity contribution is 6.10. The standard InChI is InChI=1S/C19H21N/c1-5-17(18-11-14(2)10-15(3)12-18)13-20-19-9-7-6-8-16(19)4/h5-13H,1-4H3/b17-5+,20-13?. The van der Waals surface area contributed by atoms with Gasteiger partial charge in [0.05, 0.1) is 5.69 Å². The average molecular weight is 263 g/mol. The lowest BCUT2D eigenvalue weighted by atomic mass is 10.0. The molecule has 1 nitrogen and oxygen atoms in total. The van der Waals surface area contributed by atoms with Crippen LogP contribution in [-0.2, 0) is 0 Å². The van der Waals surface area contributed by atoms with Crippen LogP contribution in [-0.4, -0.2) is 6.21 Å². The fourth-order valence-corrected chi connectivity index (χ4v) is 2.30. The number of hydrogen-bond acceptors (Lipinski definition) is 1. The first-order chi connectivity index (χ1) is 9.60. The molecule has 0 unspecified atom stereocenters. The maximum absolute atomic E-state index is 4.62. The van der Waals surface area contributed by atoms with Gasteiger partial charge in [-0.25, -0.2) is 0 Å². The minimum Gasteiger partial charge on any atom is -0.256 e. The molecule has 0 atom stereocenters. The number of rotatable bonds is 3. The molecule has 0 bridgehead atoms. The molecule has 0 aliphatic rings. The molecular weight excluding hydrogens is 242 g/mol. The molecule has 0 saturated carbocycles. The van der Waals surface area contributed by atoms with Crippen LogP contribution in [0.1, 0.15) is 29.2 Å². The second kappa shape index (κ2) is 6.33. The van der Waals surface area contributed by atoms with E-state index in [1.165, 1.54) is 22.3 Å². The van der Waals surface area contributed by atoms with Gasteiger partial charge in [-0.05, 0) is 50.5 Å². The van der Waals surface area contributed by atoms with Crippen LogP contribution in [0.2, 0.25) is 0 Å². The Labute approximate surface area is 121 Å². The number of allylic oxidation sites excluding steroid dienone is 2. The summed E-state index contributed by atoms with van der Waals surface area (Å²) in [4.78, 5) is 4.62. The lowest BCUT2D eigenvalue weighted by Gasteiger charge is -2.06. The van der Waals surface area contributed by atoms with E-state index in [1.54, 1.807) is 0 Å². The van der Waals surface area contributed by atoms with Crippen molar-refractivity contribution < 1.29 is 0 Å². The molecule has 0 spiro atoms. The molecule has 0 fully saturated rings. The van der Waals surface area contributed by atoms with Crippen LogP contribution in [0.25, 0.3) is 5.57 Å². The summed E-state index contributed by atoms with van der Waals surface area (Å²) in [5.41, 5.74) is 7.16. The Morgan fingerprint density at radius 2 is 1.60 bits per heavy atom. The molecule has 20 heavy (non-hydrogen) atoms. The summed E-state index contributed by atoms with van der Waals surface area (Å²) in [5, 5.41) is 0. The van der Waals surface area contributed by atoms with Gasteiger partial charge in [-0.3, -0.25) is 4.99 Å². The van der Waals surface area contributed by atoms with E-state index < -0.39 is 0 Å². The van der Waals surface area contributed by atoms with Crippen LogP contribution in [0.4, 0.5) is 5.69 Å². The predicted molar refractivity (Wildman–Crippen MR) is 88.9 cm³/mol. The van der Waals surface area contributed by atoms with Crippen molar-refractivity contribution in [1.29, 1.82) is 0 Å². The predicted octanol–water partition coefficient (Wildman–Crippen LogP) is 5.42. The summed E-state index contributed by atoms with van der Waals surface area (Å²) in [7, 11) is 0. The van der Waals surface area contributed by atoms with Crippen LogP contribution in [0.5, 0.6) is 0 Å². The molecule has 0 N–H and O–H groups in total. The topological polar surface area (TPSA) is 12.4 Å². The van der Waals surface area contributed by atoms with Crippen molar-refractivity contribution in [2.45, 2.75) is 27.7 Å². The Morgan fingerprint density at radius 1 is 0.950 bits per heavy atom. The summed E-state index contributed by atoms with van der Waals surface area (Å²) in [5.74, 6) is 0. The molecule has 2 aromatic rings. The molecule has 0 aliphatic heterocycles. The molecule has 0 saturated heterocycles. The lowest BCUT2D eigenvalue weighted by Crippen LogP contribution is -1.89. The van der Waals surface area contributed by atoms with Gasteiger partial charge in [-0.1, -0.05) is 53.6 Å². The molecule has 0 aliphatic carbocycles. The zero-order chi connectivity index (χ0) is 14.5. The Morgan fingerprint density at radius 3 is 2.20 bits per heavy atom. The third kappa shape index (κ3) is 3.45. The van der Waals surface area contributed by atoms with Gasteiger partial charge in [0.25, 0.3) is 0 Å². The maximum atomic E-state index is 4.62. The van der Waals surface area contributed by atoms with Crippen LogP contribution >= 0.6 is 0 Å². The van der Waals surface area contributed by atoms with Crippen molar-refractivity contribution in [1.82, 2.24) is 0 Å². The van der Waals surface area contributed by atoms with E-state index in [9.17, 15) is 0 Å². The normalized spacial score (nSPS) is 12.1. The molecule has 2 rings (SSSR count). The third-order valence-corrected chi connectivity index (χ3v) is 3.32. The van der Waals surface area contributed by atoms with E-state index in [0.29, 0.717) is 0 Å². The Kier molecular flexibility index (Phi) is 4.52. The van der Waals surface area contributed by atoms with Crippen molar-refractivity contribution in [3.63, 3.8) is 0 Å². The van der Waals surface area contributed by atoms with E-state index in [0.717, 1.165) is 11.3 Å². The van der Waals surface area contributed by atoms with E-state index in [1.807, 2.05) is 24.4 Å². The summed E-state index contributed by atoms with van der Waals surface area (Å²) in [6.07, 6.45) is 4.06. The summed E-state index contributed by atoms with van der Waals surface area (Å²) in [6, 6.07) is 14.8. The molecule has 102 valence electrons. The summed E-state index contributed by atoms with van der Waals surface area (Å²) < 4.78 is 0. The fraction of sp³-hybridized carbons (Fsp3) is 0.211. The second-order valence-corrected chi connectivity index (χ2v) is 5.17. The van der Waals surface area contributed by atoms with E-state index in [2.05, 4.69) is 63.0 Å². The van der Waals surface area contributed by atoms with Crippen molar-refractivity contribution in [3.05, 3.63) is 70.8 Å². The number of hydrogen-bond donors (Lipinski definition) is 0. The van der Waals surface area contributed by atoms with Gasteiger partial charge >= 0.3 is 0 Å². The van der Waals surface area contributed by atoms with Crippen molar-refractivity contribution in [2.75, 3.05) is 0 Å². The van der Waals surface area contributed by atoms with Crippen LogP contribution in [0.15, 0.2) is 53.5 Å². The van der Waals surface area contributed by atoms with Crippen molar-refractivity contribution >= 4 is 17.5 Å². The fourth-order valence-electron chi connectivity index (χ4n) is 2.30. The SMILES string of the molecule is C/C=C(\C=Nc1ccccc1C)c1cc(C)cc(C)c1. The number of para-hydroxylation sites is 1. The lowest BCUT2D eigenvalue weighted by molar-refractivity contribution is 1.37. The largest absolute Gasteiger partial charge is 0.256 e. The Balaban J connectivity index is 2.33. The highest BCUT2D eigenvalue weighted by atomic mass is 14.7. The zero-order valence-electron chi connectivity index (χ0n) is 12.6. The van der Waals surface area contributed by atoms with Crippen LogP contribution in [0.3, 0.4) is 0 Å². The smallest absolute Gasteiger partial charge is 0.0659 e. The molecule has 0 amide bonds. The minimum atomic E-state index is 1.02. The summed E-state index contributed by atoms with van der Waals surface area (Å²) in [6.45, 7) is 8.39. The van der Waals surface area contributed by atoms with Gasteiger partial charge in [0.1, 0.15) is 0 Å². The van der Waals surface area contributed by atoms with Crippen molar-refractivity contribution in [3.8, 4) is 0 Å². The first-order valence-corrected chi connectivity index (χ1v) is 6.95. The molecule has 1 heteroatoms. The zero-order valence-corrected chi connectivity index (χ0v) is 12.6. The van der Waals surface area contributed by atoms with Gasteiger partial charge in [0.2, 0.25) is 0 Å². The molecule has 0 heterocycles. The third-order valence-electron chi connectivity index (χ3n) is 3.32. The van der Waals surface area contributed by atoms with Crippen LogP contribution in [0, 0.1) is 20.8 Å². The quantitative estimate of drug-likeness (QED) is 0.656. The average Bonchev–Trinajstić information content (AvgIpc) is 2.40. The molecule has 2 aromatic carbocycles. The number of nitrogens with zero attached hydrogens (tertiary/aromatic N) is 1. The van der Waals surface area contributed by atoms with Crippen LogP contribution < -0.4 is 0 Å². The number of benzene rings is 2. The van der Waals surface area contributed by atoms with E-state index in [-0.39, 0.29) is 0 Å². The molecule has 0 aromatic heterocycles. The van der Waals surface area contributed by atoms with Gasteiger partial charge < -0.3 is 0 Å². The first-order valence-electron chi connectivity index (χ1n) is 6.95. The minimum absolute atomic E-state index is 1.02. The monoisotopic (exact) mass is 263 g/mol. The molecule has 0 radical (unpaired) electrons. The first kappa shape index (κ1) is 14.3. The maximum Gasteiger partial charge on any atom is 0.0659 e. The molecular formula is C19H21N. The highest BCUT2D eigenvalue weighted by Gasteiger charge is 2.00. The van der Waals surface area contributed by atoms with Crippen molar-refractivity contribution in [2.24, 2.45) is 4.99 Å². The van der Waals surface area contributed by atoms with Gasteiger partial charge in [-0.15, -0.1) is 0 Å². The van der Waals surface area contributed by atoms with E-state index in [4.69, 9.17) is 0 Å².